The average Bonchev–Trinajstić information content (AvgIpc) is 2.57. The van der Waals surface area contributed by atoms with Crippen LogP contribution in [0.5, 0.6) is 0 Å². The Morgan fingerprint density at radius 3 is 2.79 bits per heavy atom. The quantitative estimate of drug-likeness (QED) is 0.568. The molecular formula is C18H13BrClFN2O. The van der Waals surface area contributed by atoms with Crippen molar-refractivity contribution in [2.45, 2.75) is 6.54 Å². The highest BCUT2D eigenvalue weighted by Crippen LogP contribution is 2.20. The fourth-order valence-electron chi connectivity index (χ4n) is 2.45. The van der Waals surface area contributed by atoms with E-state index in [9.17, 15) is 9.18 Å². The van der Waals surface area contributed by atoms with Crippen molar-refractivity contribution in [1.29, 1.82) is 0 Å². The number of hydrogen-bond donors (Lipinski definition) is 0. The van der Waals surface area contributed by atoms with Gasteiger partial charge in [-0.3, -0.25) is 4.79 Å². The maximum atomic E-state index is 13.9. The lowest BCUT2D eigenvalue weighted by molar-refractivity contribution is 0.0784. The molecule has 6 heteroatoms. The van der Waals surface area contributed by atoms with Crippen molar-refractivity contribution in [1.82, 2.24) is 9.88 Å². The Labute approximate surface area is 152 Å². The van der Waals surface area contributed by atoms with Gasteiger partial charge in [0.05, 0.1) is 5.52 Å². The van der Waals surface area contributed by atoms with Gasteiger partial charge in [-0.1, -0.05) is 27.5 Å². The largest absolute Gasteiger partial charge is 0.337 e. The highest BCUT2D eigenvalue weighted by Gasteiger charge is 2.15. The van der Waals surface area contributed by atoms with E-state index < -0.39 is 0 Å². The summed E-state index contributed by atoms with van der Waals surface area (Å²) in [6.07, 6.45) is 0. The van der Waals surface area contributed by atoms with Crippen molar-refractivity contribution < 1.29 is 9.18 Å². The maximum absolute atomic E-state index is 13.9. The third-order valence-corrected chi connectivity index (χ3v) is 4.37. The Kier molecular flexibility index (Phi) is 4.83. The van der Waals surface area contributed by atoms with Gasteiger partial charge in [-0.05, 0) is 48.5 Å². The monoisotopic (exact) mass is 406 g/mol. The van der Waals surface area contributed by atoms with Crippen LogP contribution in [0, 0.1) is 5.82 Å². The zero-order valence-electron chi connectivity index (χ0n) is 12.8. The molecule has 3 nitrogen and oxygen atoms in total. The second kappa shape index (κ2) is 6.87. The molecule has 24 heavy (non-hydrogen) atoms. The highest BCUT2D eigenvalue weighted by atomic mass is 79.9. The number of aromatic nitrogens is 1. The first-order valence-corrected chi connectivity index (χ1v) is 8.37. The second-order valence-corrected chi connectivity index (χ2v) is 6.74. The zero-order chi connectivity index (χ0) is 17.3. The predicted molar refractivity (Wildman–Crippen MR) is 96.7 cm³/mol. The third-order valence-electron chi connectivity index (χ3n) is 3.66. The standard InChI is InChI=1S/C18H13BrClFN2O/c1-23(10-13-9-14(19)4-5-15(13)21)18(24)12-2-6-16-11(8-12)3-7-17(20)22-16/h2-9H,10H2,1H3. The summed E-state index contributed by atoms with van der Waals surface area (Å²) in [5, 5.41) is 1.23. The van der Waals surface area contributed by atoms with Gasteiger partial charge in [0.2, 0.25) is 0 Å². The van der Waals surface area contributed by atoms with Crippen LogP contribution in [-0.2, 0) is 6.54 Å². The van der Waals surface area contributed by atoms with E-state index in [1.54, 1.807) is 43.4 Å². The summed E-state index contributed by atoms with van der Waals surface area (Å²) in [4.78, 5) is 18.3. The Balaban J connectivity index is 1.85. The van der Waals surface area contributed by atoms with Crippen molar-refractivity contribution >= 4 is 44.3 Å². The van der Waals surface area contributed by atoms with E-state index in [1.807, 2.05) is 6.07 Å². The van der Waals surface area contributed by atoms with Gasteiger partial charge in [-0.2, -0.15) is 0 Å². The Hall–Kier alpha value is -1.98. The fraction of sp³-hybridized carbons (Fsp3) is 0.111. The molecule has 2 aromatic carbocycles. The summed E-state index contributed by atoms with van der Waals surface area (Å²) in [5.41, 5.74) is 1.69. The first kappa shape index (κ1) is 16.9. The van der Waals surface area contributed by atoms with Crippen LogP contribution in [0.25, 0.3) is 10.9 Å². The van der Waals surface area contributed by atoms with Crippen LogP contribution in [0.4, 0.5) is 4.39 Å². The first-order chi connectivity index (χ1) is 11.4. The van der Waals surface area contributed by atoms with Gasteiger partial charge in [-0.15, -0.1) is 0 Å². The topological polar surface area (TPSA) is 33.2 Å². The molecular weight excluding hydrogens is 395 g/mol. The van der Waals surface area contributed by atoms with Crippen LogP contribution < -0.4 is 0 Å². The van der Waals surface area contributed by atoms with Crippen molar-refractivity contribution in [2.24, 2.45) is 0 Å². The SMILES string of the molecule is CN(Cc1cc(Br)ccc1F)C(=O)c1ccc2nc(Cl)ccc2c1. The summed E-state index contributed by atoms with van der Waals surface area (Å²) < 4.78 is 14.6. The lowest BCUT2D eigenvalue weighted by Gasteiger charge is -2.18. The Morgan fingerprint density at radius 2 is 2.00 bits per heavy atom. The second-order valence-electron chi connectivity index (χ2n) is 5.44. The molecule has 0 saturated carbocycles. The number of pyridine rings is 1. The minimum atomic E-state index is -0.338. The molecule has 1 heterocycles. The maximum Gasteiger partial charge on any atom is 0.253 e. The van der Waals surface area contributed by atoms with Gasteiger partial charge in [-0.25, -0.2) is 9.37 Å². The predicted octanol–water partition coefficient (Wildman–Crippen LogP) is 5.06. The molecule has 0 radical (unpaired) electrons. The molecule has 1 aromatic heterocycles. The fourth-order valence-corrected chi connectivity index (χ4v) is 3.01. The van der Waals surface area contributed by atoms with Gasteiger partial charge < -0.3 is 4.90 Å². The summed E-state index contributed by atoms with van der Waals surface area (Å²) in [6, 6.07) is 13.4. The van der Waals surface area contributed by atoms with Crippen molar-refractivity contribution in [3.63, 3.8) is 0 Å². The molecule has 3 aromatic rings. The number of fused-ring (bicyclic) bond motifs is 1. The molecule has 0 aliphatic heterocycles. The normalized spacial score (nSPS) is 10.8. The molecule has 0 aliphatic rings. The lowest BCUT2D eigenvalue weighted by atomic mass is 10.1. The van der Waals surface area contributed by atoms with Gasteiger partial charge in [0.25, 0.3) is 5.91 Å². The number of carbonyl (C=O) groups excluding carboxylic acids is 1. The first-order valence-electron chi connectivity index (χ1n) is 7.20. The van der Waals surface area contributed by atoms with Crippen LogP contribution in [0.1, 0.15) is 15.9 Å². The van der Waals surface area contributed by atoms with E-state index in [4.69, 9.17) is 11.6 Å². The van der Waals surface area contributed by atoms with Crippen molar-refractivity contribution in [2.75, 3.05) is 7.05 Å². The van der Waals surface area contributed by atoms with Crippen LogP contribution >= 0.6 is 27.5 Å². The zero-order valence-corrected chi connectivity index (χ0v) is 15.1. The van der Waals surface area contributed by atoms with Crippen LogP contribution in [0.3, 0.4) is 0 Å². The summed E-state index contributed by atoms with van der Waals surface area (Å²) in [5.74, 6) is -0.526. The molecule has 0 aliphatic carbocycles. The Morgan fingerprint density at radius 1 is 1.21 bits per heavy atom. The number of amides is 1. The smallest absolute Gasteiger partial charge is 0.253 e. The summed E-state index contributed by atoms with van der Waals surface area (Å²) in [7, 11) is 1.65. The average molecular weight is 408 g/mol. The molecule has 1 amide bonds. The summed E-state index contributed by atoms with van der Waals surface area (Å²) in [6.45, 7) is 0.182. The number of halogens is 3. The number of benzene rings is 2. The highest BCUT2D eigenvalue weighted by molar-refractivity contribution is 9.10. The lowest BCUT2D eigenvalue weighted by Crippen LogP contribution is -2.26. The minimum absolute atomic E-state index is 0.182. The molecule has 0 N–H and O–H groups in total. The van der Waals surface area contributed by atoms with E-state index in [-0.39, 0.29) is 18.3 Å². The van der Waals surface area contributed by atoms with Gasteiger partial charge in [0.15, 0.2) is 0 Å². The minimum Gasteiger partial charge on any atom is -0.337 e. The van der Waals surface area contributed by atoms with E-state index in [0.717, 1.165) is 15.4 Å². The van der Waals surface area contributed by atoms with E-state index >= 15 is 0 Å². The van der Waals surface area contributed by atoms with E-state index in [0.29, 0.717) is 16.3 Å². The van der Waals surface area contributed by atoms with Crippen molar-refractivity contribution in [3.05, 3.63) is 75.1 Å². The van der Waals surface area contributed by atoms with Gasteiger partial charge in [0, 0.05) is 34.6 Å². The number of hydrogen-bond acceptors (Lipinski definition) is 2. The number of rotatable bonds is 3. The number of nitrogens with zero attached hydrogens (tertiary/aromatic N) is 2. The molecule has 0 atom stereocenters. The molecule has 122 valence electrons. The van der Waals surface area contributed by atoms with Crippen LogP contribution in [0.15, 0.2) is 53.0 Å². The number of carbonyl (C=O) groups is 1. The Bertz CT molecular complexity index is 932. The van der Waals surface area contributed by atoms with E-state index in [1.165, 1.54) is 11.0 Å². The van der Waals surface area contributed by atoms with Gasteiger partial charge in [0.1, 0.15) is 11.0 Å². The third kappa shape index (κ3) is 3.57. The van der Waals surface area contributed by atoms with E-state index in [2.05, 4.69) is 20.9 Å². The molecule has 3 rings (SSSR count). The molecule has 0 spiro atoms. The van der Waals surface area contributed by atoms with Crippen LogP contribution in [0.2, 0.25) is 5.15 Å². The molecule has 0 unspecified atom stereocenters. The van der Waals surface area contributed by atoms with Gasteiger partial charge >= 0.3 is 0 Å². The summed E-state index contributed by atoms with van der Waals surface area (Å²) >= 11 is 9.18. The van der Waals surface area contributed by atoms with Crippen molar-refractivity contribution in [3.8, 4) is 0 Å². The molecule has 0 bridgehead atoms. The molecule has 0 fully saturated rings. The molecule has 0 saturated heterocycles. The van der Waals surface area contributed by atoms with Crippen LogP contribution in [-0.4, -0.2) is 22.8 Å².